The first-order valence-corrected chi connectivity index (χ1v) is 11.9. The van der Waals surface area contributed by atoms with Gasteiger partial charge in [-0.15, -0.1) is 0 Å². The molecule has 0 spiro atoms. The van der Waals surface area contributed by atoms with E-state index in [0.29, 0.717) is 5.92 Å². The summed E-state index contributed by atoms with van der Waals surface area (Å²) in [5, 5.41) is 0. The Hall–Kier alpha value is -1.38. The van der Waals surface area contributed by atoms with Crippen LogP contribution in [0, 0.1) is 5.92 Å². The van der Waals surface area contributed by atoms with Gasteiger partial charge in [0, 0.05) is 13.2 Å². The van der Waals surface area contributed by atoms with Crippen LogP contribution in [0.3, 0.4) is 0 Å². The van der Waals surface area contributed by atoms with E-state index in [1.807, 2.05) is 0 Å². The van der Waals surface area contributed by atoms with Crippen molar-refractivity contribution in [2.75, 3.05) is 26.4 Å². The number of unbranched alkanes of at least 4 members (excludes halogenated alkanes) is 7. The van der Waals surface area contributed by atoms with E-state index in [1.165, 1.54) is 63.4 Å². The third kappa shape index (κ3) is 12.0. The molecule has 29 heavy (non-hydrogen) atoms. The number of allylic oxidation sites excluding steroid dienone is 3. The molecule has 1 aliphatic carbocycles. The molecule has 0 bridgehead atoms. The van der Waals surface area contributed by atoms with Gasteiger partial charge in [0.1, 0.15) is 0 Å². The number of rotatable bonds is 17. The molecule has 1 aromatic rings. The lowest BCUT2D eigenvalue weighted by Gasteiger charge is -2.17. The number of hydrogen-bond donors (Lipinski definition) is 0. The van der Waals surface area contributed by atoms with Crippen LogP contribution in [0.25, 0.3) is 0 Å². The zero-order valence-corrected chi connectivity index (χ0v) is 18.6. The van der Waals surface area contributed by atoms with Crippen LogP contribution in [-0.2, 0) is 15.9 Å². The molecule has 2 rings (SSSR count). The van der Waals surface area contributed by atoms with Gasteiger partial charge in [0.05, 0.1) is 13.2 Å². The first-order valence-electron chi connectivity index (χ1n) is 11.9. The maximum absolute atomic E-state index is 5.83. The largest absolute Gasteiger partial charge is 0.381 e. The molecule has 1 unspecified atom stereocenters. The maximum Gasteiger partial charge on any atom is 0.0506 e. The minimum Gasteiger partial charge on any atom is -0.381 e. The predicted octanol–water partition coefficient (Wildman–Crippen LogP) is 7.30. The van der Waals surface area contributed by atoms with Crippen molar-refractivity contribution in [3.63, 3.8) is 0 Å². The molecular formula is C27H42O2. The van der Waals surface area contributed by atoms with E-state index in [0.717, 1.165) is 39.3 Å². The molecule has 1 atom stereocenters. The molecule has 0 saturated heterocycles. The van der Waals surface area contributed by atoms with Gasteiger partial charge in [-0.25, -0.2) is 0 Å². The topological polar surface area (TPSA) is 18.5 Å². The molecule has 0 amide bonds. The third-order valence-corrected chi connectivity index (χ3v) is 5.81. The molecule has 0 radical (unpaired) electrons. The first-order chi connectivity index (χ1) is 14.4. The second-order valence-corrected chi connectivity index (χ2v) is 8.35. The molecule has 0 heterocycles. The lowest BCUT2D eigenvalue weighted by Crippen LogP contribution is -2.05. The molecule has 0 aliphatic heterocycles. The summed E-state index contributed by atoms with van der Waals surface area (Å²) >= 11 is 0. The van der Waals surface area contributed by atoms with Crippen LogP contribution >= 0.6 is 0 Å². The first kappa shape index (κ1) is 23.9. The smallest absolute Gasteiger partial charge is 0.0506 e. The van der Waals surface area contributed by atoms with Crippen molar-refractivity contribution in [3.8, 4) is 0 Å². The van der Waals surface area contributed by atoms with Crippen LogP contribution in [0.4, 0.5) is 0 Å². The fraction of sp³-hybridized carbons (Fsp3) is 0.630. The van der Waals surface area contributed by atoms with Gasteiger partial charge in [-0.1, -0.05) is 99.6 Å². The van der Waals surface area contributed by atoms with E-state index in [-0.39, 0.29) is 0 Å². The van der Waals surface area contributed by atoms with Crippen LogP contribution in [0.5, 0.6) is 0 Å². The van der Waals surface area contributed by atoms with E-state index in [4.69, 9.17) is 9.47 Å². The molecule has 2 nitrogen and oxygen atoms in total. The summed E-state index contributed by atoms with van der Waals surface area (Å²) in [6.07, 6.45) is 20.5. The average Bonchev–Trinajstić information content (AvgIpc) is 2.75. The Kier molecular flexibility index (Phi) is 13.5. The molecule has 0 saturated carbocycles. The van der Waals surface area contributed by atoms with Crippen LogP contribution in [0.2, 0.25) is 0 Å². The quantitative estimate of drug-likeness (QED) is 0.256. The Bertz CT molecular complexity index is 561. The summed E-state index contributed by atoms with van der Waals surface area (Å²) in [5.41, 5.74) is 2.92. The lowest BCUT2D eigenvalue weighted by atomic mass is 9.91. The summed E-state index contributed by atoms with van der Waals surface area (Å²) in [4.78, 5) is 0. The minimum absolute atomic E-state index is 0.699. The van der Waals surface area contributed by atoms with Crippen LogP contribution in [0.1, 0.15) is 76.7 Å². The van der Waals surface area contributed by atoms with Crippen molar-refractivity contribution in [1.29, 1.82) is 0 Å². The van der Waals surface area contributed by atoms with Gasteiger partial charge in [0.2, 0.25) is 0 Å². The summed E-state index contributed by atoms with van der Waals surface area (Å²) in [5.74, 6) is 0.699. The van der Waals surface area contributed by atoms with Crippen LogP contribution in [0.15, 0.2) is 54.1 Å². The van der Waals surface area contributed by atoms with Gasteiger partial charge >= 0.3 is 0 Å². The summed E-state index contributed by atoms with van der Waals surface area (Å²) < 4.78 is 11.6. The highest BCUT2D eigenvalue weighted by atomic mass is 16.5. The monoisotopic (exact) mass is 398 g/mol. The zero-order valence-electron chi connectivity index (χ0n) is 18.6. The number of ether oxygens (including phenoxy) is 2. The zero-order chi connectivity index (χ0) is 20.4. The Morgan fingerprint density at radius 3 is 1.93 bits per heavy atom. The van der Waals surface area contributed by atoms with E-state index in [9.17, 15) is 0 Å². The van der Waals surface area contributed by atoms with Crippen molar-refractivity contribution >= 4 is 0 Å². The van der Waals surface area contributed by atoms with Crippen molar-refractivity contribution in [2.24, 2.45) is 5.92 Å². The predicted molar refractivity (Wildman–Crippen MR) is 124 cm³/mol. The Labute approximate surface area is 179 Å². The molecule has 162 valence electrons. The highest BCUT2D eigenvalue weighted by Gasteiger charge is 2.09. The number of benzene rings is 1. The molecule has 0 N–H and O–H groups in total. The Balaban J connectivity index is 1.26. The highest BCUT2D eigenvalue weighted by molar-refractivity contribution is 5.20. The molecule has 1 aliphatic rings. The second kappa shape index (κ2) is 16.4. The molecule has 1 aromatic carbocycles. The molecule has 2 heteroatoms. The van der Waals surface area contributed by atoms with Gasteiger partial charge in [-0.2, -0.15) is 0 Å². The van der Waals surface area contributed by atoms with E-state index in [1.54, 1.807) is 5.57 Å². The second-order valence-electron chi connectivity index (χ2n) is 8.35. The standard InChI is InChI=1S/C27H42O2/c1-25-15-11-12-18-27(25)20-24-29-22-14-7-5-3-2-4-6-13-21-28-23-19-26-16-9-8-10-17-26/h8-12,16-18,25H,2-7,13-15,19-24H2,1H3. The normalized spacial score (nSPS) is 16.2. The van der Waals surface area contributed by atoms with Gasteiger partial charge < -0.3 is 9.47 Å². The summed E-state index contributed by atoms with van der Waals surface area (Å²) in [7, 11) is 0. The molecule has 0 aromatic heterocycles. The summed E-state index contributed by atoms with van der Waals surface area (Å²) in [6.45, 7) is 5.89. The lowest BCUT2D eigenvalue weighted by molar-refractivity contribution is 0.131. The fourth-order valence-electron chi connectivity index (χ4n) is 3.82. The summed E-state index contributed by atoms with van der Waals surface area (Å²) in [6, 6.07) is 10.6. The maximum atomic E-state index is 5.83. The average molecular weight is 399 g/mol. The molecular weight excluding hydrogens is 356 g/mol. The molecule has 0 fully saturated rings. The van der Waals surface area contributed by atoms with Gasteiger partial charge in [0.25, 0.3) is 0 Å². The van der Waals surface area contributed by atoms with Crippen molar-refractivity contribution < 1.29 is 9.47 Å². The Morgan fingerprint density at radius 1 is 0.724 bits per heavy atom. The van der Waals surface area contributed by atoms with Crippen LogP contribution < -0.4 is 0 Å². The van der Waals surface area contributed by atoms with E-state index in [2.05, 4.69) is 55.5 Å². The minimum atomic E-state index is 0.699. The van der Waals surface area contributed by atoms with Crippen molar-refractivity contribution in [1.82, 2.24) is 0 Å². The van der Waals surface area contributed by atoms with Gasteiger partial charge in [-0.05, 0) is 43.6 Å². The SMILES string of the molecule is CC1CC=CC=C1CCOCCCCCCCCCCOCCc1ccccc1. The van der Waals surface area contributed by atoms with E-state index < -0.39 is 0 Å². The van der Waals surface area contributed by atoms with Crippen molar-refractivity contribution in [2.45, 2.75) is 77.6 Å². The number of hydrogen-bond acceptors (Lipinski definition) is 2. The highest BCUT2D eigenvalue weighted by Crippen LogP contribution is 2.22. The van der Waals surface area contributed by atoms with Crippen LogP contribution in [-0.4, -0.2) is 26.4 Å². The fourth-order valence-corrected chi connectivity index (χ4v) is 3.82. The van der Waals surface area contributed by atoms with Gasteiger partial charge in [0.15, 0.2) is 0 Å². The van der Waals surface area contributed by atoms with Gasteiger partial charge in [-0.3, -0.25) is 0 Å². The van der Waals surface area contributed by atoms with E-state index >= 15 is 0 Å². The Morgan fingerprint density at radius 2 is 1.31 bits per heavy atom. The van der Waals surface area contributed by atoms with Crippen molar-refractivity contribution in [3.05, 3.63) is 59.7 Å². The third-order valence-electron chi connectivity index (χ3n) is 5.81.